The number of carbonyl (C=O) groups excluding carboxylic acids is 2. The number of pyridine rings is 1. The molecule has 6 nitrogen and oxygen atoms in total. The van der Waals surface area contributed by atoms with E-state index in [1.54, 1.807) is 48.5 Å². The standard InChI is InChI=1S/C19H14ClN3O3/c20-13-5-1-3-7-16(13)26-17-8-4-2-6-14(17)23-19(25)15-10-9-12(11-22-15)18(21)24/h1-11H,(H2,21,24)(H,23,25). The Morgan fingerprint density at radius 2 is 1.65 bits per heavy atom. The summed E-state index contributed by atoms with van der Waals surface area (Å²) in [4.78, 5) is 27.4. The lowest BCUT2D eigenvalue weighted by molar-refractivity contribution is 0.0993. The predicted octanol–water partition coefficient (Wildman–Crippen LogP) is 3.88. The zero-order chi connectivity index (χ0) is 18.5. The first kappa shape index (κ1) is 17.4. The highest BCUT2D eigenvalue weighted by Gasteiger charge is 2.13. The molecule has 0 saturated heterocycles. The van der Waals surface area contributed by atoms with Gasteiger partial charge in [-0.25, -0.2) is 0 Å². The summed E-state index contributed by atoms with van der Waals surface area (Å²) in [7, 11) is 0. The monoisotopic (exact) mass is 367 g/mol. The van der Waals surface area contributed by atoms with Gasteiger partial charge in [-0.05, 0) is 36.4 Å². The topological polar surface area (TPSA) is 94.3 Å². The highest BCUT2D eigenvalue weighted by Crippen LogP contribution is 2.33. The lowest BCUT2D eigenvalue weighted by atomic mass is 10.2. The molecular formula is C19H14ClN3O3. The third kappa shape index (κ3) is 3.99. The van der Waals surface area contributed by atoms with Crippen molar-refractivity contribution in [3.63, 3.8) is 0 Å². The lowest BCUT2D eigenvalue weighted by Gasteiger charge is -2.13. The van der Waals surface area contributed by atoms with E-state index in [4.69, 9.17) is 22.1 Å². The summed E-state index contributed by atoms with van der Waals surface area (Å²) in [6.07, 6.45) is 1.25. The molecule has 0 radical (unpaired) electrons. The van der Waals surface area contributed by atoms with Gasteiger partial charge >= 0.3 is 0 Å². The van der Waals surface area contributed by atoms with Crippen LogP contribution in [0.2, 0.25) is 5.02 Å². The van der Waals surface area contributed by atoms with Gasteiger partial charge in [0.1, 0.15) is 11.4 Å². The molecule has 7 heteroatoms. The van der Waals surface area contributed by atoms with Gasteiger partial charge in [-0.15, -0.1) is 0 Å². The Morgan fingerprint density at radius 3 is 2.31 bits per heavy atom. The van der Waals surface area contributed by atoms with Crippen LogP contribution in [0.1, 0.15) is 20.8 Å². The van der Waals surface area contributed by atoms with E-state index in [0.29, 0.717) is 22.2 Å². The Morgan fingerprint density at radius 1 is 0.962 bits per heavy atom. The second-order valence-corrected chi connectivity index (χ2v) is 5.69. The fourth-order valence-electron chi connectivity index (χ4n) is 2.17. The Labute approximate surface area is 154 Å². The summed E-state index contributed by atoms with van der Waals surface area (Å²) in [6.45, 7) is 0. The van der Waals surface area contributed by atoms with Crippen LogP contribution >= 0.6 is 11.6 Å². The van der Waals surface area contributed by atoms with E-state index < -0.39 is 11.8 Å². The Hall–Kier alpha value is -3.38. The number of hydrogen-bond acceptors (Lipinski definition) is 4. The maximum absolute atomic E-state index is 12.4. The molecule has 2 amide bonds. The molecule has 0 fully saturated rings. The van der Waals surface area contributed by atoms with Crippen LogP contribution in [0.3, 0.4) is 0 Å². The summed E-state index contributed by atoms with van der Waals surface area (Å²) in [5.41, 5.74) is 5.99. The number of ether oxygens (including phenoxy) is 1. The number of amides is 2. The number of aromatic nitrogens is 1. The molecule has 0 aliphatic heterocycles. The van der Waals surface area contributed by atoms with E-state index >= 15 is 0 Å². The molecule has 0 spiro atoms. The van der Waals surface area contributed by atoms with Crippen LogP contribution in [0.15, 0.2) is 66.9 Å². The molecule has 0 bridgehead atoms. The highest BCUT2D eigenvalue weighted by molar-refractivity contribution is 6.32. The van der Waals surface area contributed by atoms with Crippen LogP contribution in [-0.4, -0.2) is 16.8 Å². The number of nitrogens with zero attached hydrogens (tertiary/aromatic N) is 1. The third-order valence-corrected chi connectivity index (χ3v) is 3.78. The van der Waals surface area contributed by atoms with Crippen LogP contribution in [0, 0.1) is 0 Å². The van der Waals surface area contributed by atoms with E-state index in [1.807, 2.05) is 0 Å². The lowest BCUT2D eigenvalue weighted by Crippen LogP contribution is -2.16. The largest absolute Gasteiger partial charge is 0.454 e. The van der Waals surface area contributed by atoms with Crippen LogP contribution in [0.5, 0.6) is 11.5 Å². The molecule has 0 aliphatic rings. The number of primary amides is 1. The van der Waals surface area contributed by atoms with Crippen molar-refractivity contribution in [3.05, 3.63) is 83.1 Å². The van der Waals surface area contributed by atoms with Crippen molar-refractivity contribution in [1.29, 1.82) is 0 Å². The first-order valence-electron chi connectivity index (χ1n) is 7.63. The highest BCUT2D eigenvalue weighted by atomic mass is 35.5. The smallest absolute Gasteiger partial charge is 0.274 e. The van der Waals surface area contributed by atoms with Crippen molar-refractivity contribution in [3.8, 4) is 11.5 Å². The molecule has 0 aliphatic carbocycles. The molecule has 1 aromatic heterocycles. The van der Waals surface area contributed by atoms with E-state index in [1.165, 1.54) is 18.3 Å². The van der Waals surface area contributed by atoms with Gasteiger partial charge in [0.2, 0.25) is 5.91 Å². The first-order valence-corrected chi connectivity index (χ1v) is 8.01. The molecule has 1 heterocycles. The first-order chi connectivity index (χ1) is 12.5. The van der Waals surface area contributed by atoms with Crippen LogP contribution in [-0.2, 0) is 0 Å². The number of halogens is 1. The zero-order valence-electron chi connectivity index (χ0n) is 13.5. The van der Waals surface area contributed by atoms with E-state index in [0.717, 1.165) is 0 Å². The number of carbonyl (C=O) groups is 2. The normalized spacial score (nSPS) is 10.2. The fraction of sp³-hybridized carbons (Fsp3) is 0. The van der Waals surface area contributed by atoms with Crippen molar-refractivity contribution in [2.24, 2.45) is 5.73 Å². The van der Waals surface area contributed by atoms with Crippen molar-refractivity contribution < 1.29 is 14.3 Å². The minimum absolute atomic E-state index is 0.141. The predicted molar refractivity (Wildman–Crippen MR) is 98.7 cm³/mol. The number of nitrogens with one attached hydrogen (secondary N) is 1. The van der Waals surface area contributed by atoms with Crippen molar-refractivity contribution in [2.45, 2.75) is 0 Å². The molecule has 2 aromatic carbocycles. The van der Waals surface area contributed by atoms with Crippen LogP contribution in [0.4, 0.5) is 5.69 Å². The SMILES string of the molecule is NC(=O)c1ccc(C(=O)Nc2ccccc2Oc2ccccc2Cl)nc1. The van der Waals surface area contributed by atoms with E-state index in [-0.39, 0.29) is 11.3 Å². The summed E-state index contributed by atoms with van der Waals surface area (Å²) in [5, 5.41) is 3.19. The van der Waals surface area contributed by atoms with Gasteiger partial charge in [-0.1, -0.05) is 35.9 Å². The fourth-order valence-corrected chi connectivity index (χ4v) is 2.34. The molecule has 3 aromatic rings. The van der Waals surface area contributed by atoms with Gasteiger partial charge in [0.25, 0.3) is 5.91 Å². The molecule has 0 saturated carbocycles. The summed E-state index contributed by atoms with van der Waals surface area (Å²) in [5.74, 6) is -0.151. The Bertz CT molecular complexity index is 958. The van der Waals surface area contributed by atoms with Crippen LogP contribution in [0.25, 0.3) is 0 Å². The number of hydrogen-bond donors (Lipinski definition) is 2. The quantitative estimate of drug-likeness (QED) is 0.715. The third-order valence-electron chi connectivity index (χ3n) is 3.47. The summed E-state index contributed by atoms with van der Waals surface area (Å²) < 4.78 is 5.80. The number of rotatable bonds is 5. The van der Waals surface area contributed by atoms with Crippen molar-refractivity contribution in [2.75, 3.05) is 5.32 Å². The minimum Gasteiger partial charge on any atom is -0.454 e. The number of nitrogens with two attached hydrogens (primary N) is 1. The van der Waals surface area contributed by atoms with Gasteiger partial charge in [0, 0.05) is 6.20 Å². The molecular weight excluding hydrogens is 354 g/mol. The van der Waals surface area contributed by atoms with Crippen molar-refractivity contribution >= 4 is 29.1 Å². The molecule has 130 valence electrons. The van der Waals surface area contributed by atoms with Gasteiger partial charge < -0.3 is 15.8 Å². The molecule has 3 rings (SSSR count). The zero-order valence-corrected chi connectivity index (χ0v) is 14.2. The Kier molecular flexibility index (Phi) is 5.15. The average Bonchev–Trinajstić information content (AvgIpc) is 2.65. The van der Waals surface area contributed by atoms with Crippen molar-refractivity contribution in [1.82, 2.24) is 4.98 Å². The van der Waals surface area contributed by atoms with Crippen LogP contribution < -0.4 is 15.8 Å². The summed E-state index contributed by atoms with van der Waals surface area (Å²) >= 11 is 6.11. The number of benzene rings is 2. The maximum Gasteiger partial charge on any atom is 0.274 e. The molecule has 0 unspecified atom stereocenters. The second kappa shape index (κ2) is 7.67. The maximum atomic E-state index is 12.4. The van der Waals surface area contributed by atoms with Gasteiger partial charge in [0.15, 0.2) is 5.75 Å². The molecule has 0 atom stereocenters. The van der Waals surface area contributed by atoms with E-state index in [2.05, 4.69) is 10.3 Å². The number of anilines is 1. The molecule has 3 N–H and O–H groups in total. The van der Waals surface area contributed by atoms with Gasteiger partial charge in [-0.2, -0.15) is 0 Å². The van der Waals surface area contributed by atoms with E-state index in [9.17, 15) is 9.59 Å². The number of para-hydroxylation sites is 3. The van der Waals surface area contributed by atoms with Gasteiger partial charge in [-0.3, -0.25) is 14.6 Å². The average molecular weight is 368 g/mol. The minimum atomic E-state index is -0.608. The Balaban J connectivity index is 1.80. The van der Waals surface area contributed by atoms with Gasteiger partial charge in [0.05, 0.1) is 16.3 Å². The second-order valence-electron chi connectivity index (χ2n) is 5.28. The summed E-state index contributed by atoms with van der Waals surface area (Å²) in [6, 6.07) is 16.8. The molecule has 26 heavy (non-hydrogen) atoms.